The van der Waals surface area contributed by atoms with Gasteiger partial charge in [-0.3, -0.25) is 0 Å². The average molecular weight is 251 g/mol. The van der Waals surface area contributed by atoms with Crippen LogP contribution in [-0.2, 0) is 0 Å². The number of halogens is 2. The molecule has 0 saturated carbocycles. The molecule has 2 rings (SSSR count). The number of hydrogen-bond donors (Lipinski definition) is 2. The zero-order valence-electron chi connectivity index (χ0n) is 9.30. The molecule has 17 heavy (non-hydrogen) atoms. The molecule has 0 unspecified atom stereocenters. The molecule has 0 atom stereocenters. The molecule has 2 nitrogen and oxygen atoms in total. The third kappa shape index (κ3) is 2.68. The first-order valence-electron chi connectivity index (χ1n) is 5.14. The number of hydrogen-bond acceptors (Lipinski definition) is 2. The van der Waals surface area contributed by atoms with Crippen molar-refractivity contribution in [2.75, 3.05) is 11.1 Å². The number of anilines is 3. The van der Waals surface area contributed by atoms with Crippen LogP contribution in [0, 0.1) is 12.7 Å². The lowest BCUT2D eigenvalue weighted by Crippen LogP contribution is -1.97. The Morgan fingerprint density at radius 3 is 2.71 bits per heavy atom. The highest BCUT2D eigenvalue weighted by atomic mass is 35.5. The molecular formula is C13H12ClFN2. The van der Waals surface area contributed by atoms with Crippen molar-refractivity contribution in [3.8, 4) is 0 Å². The summed E-state index contributed by atoms with van der Waals surface area (Å²) in [7, 11) is 0. The standard InChI is InChI=1S/C13H12ClFN2/c1-8-12(16)5-9(14)6-13(8)17-11-4-2-3-10(15)7-11/h2-7,17H,16H2,1H3. The second-order valence-corrected chi connectivity index (χ2v) is 4.24. The predicted molar refractivity (Wildman–Crippen MR) is 70.3 cm³/mol. The highest BCUT2D eigenvalue weighted by Gasteiger charge is 2.05. The number of rotatable bonds is 2. The fourth-order valence-electron chi connectivity index (χ4n) is 1.55. The van der Waals surface area contributed by atoms with Crippen molar-refractivity contribution in [3.63, 3.8) is 0 Å². The van der Waals surface area contributed by atoms with Crippen LogP contribution in [0.5, 0.6) is 0 Å². The van der Waals surface area contributed by atoms with E-state index < -0.39 is 0 Å². The second-order valence-electron chi connectivity index (χ2n) is 3.80. The van der Waals surface area contributed by atoms with Crippen LogP contribution in [0.1, 0.15) is 5.56 Å². The molecule has 0 aliphatic heterocycles. The minimum Gasteiger partial charge on any atom is -0.398 e. The molecule has 0 aliphatic rings. The highest BCUT2D eigenvalue weighted by molar-refractivity contribution is 6.31. The molecule has 2 aromatic rings. The molecule has 2 aromatic carbocycles. The number of nitrogens with one attached hydrogen (secondary N) is 1. The summed E-state index contributed by atoms with van der Waals surface area (Å²) in [4.78, 5) is 0. The quantitative estimate of drug-likeness (QED) is 0.787. The Morgan fingerprint density at radius 1 is 1.24 bits per heavy atom. The summed E-state index contributed by atoms with van der Waals surface area (Å²) in [6, 6.07) is 9.67. The van der Waals surface area contributed by atoms with Crippen molar-refractivity contribution in [1.29, 1.82) is 0 Å². The van der Waals surface area contributed by atoms with Crippen molar-refractivity contribution in [2.45, 2.75) is 6.92 Å². The van der Waals surface area contributed by atoms with Gasteiger partial charge in [0.15, 0.2) is 0 Å². The third-order valence-electron chi connectivity index (χ3n) is 2.52. The number of nitrogens with two attached hydrogens (primary N) is 1. The summed E-state index contributed by atoms with van der Waals surface area (Å²) in [5.41, 5.74) is 8.74. The molecule has 0 amide bonds. The topological polar surface area (TPSA) is 38.0 Å². The Labute approximate surface area is 104 Å². The van der Waals surface area contributed by atoms with Crippen LogP contribution in [0.2, 0.25) is 5.02 Å². The lowest BCUT2D eigenvalue weighted by Gasteiger charge is -2.12. The summed E-state index contributed by atoms with van der Waals surface area (Å²) in [5, 5.41) is 3.64. The summed E-state index contributed by atoms with van der Waals surface area (Å²) < 4.78 is 13.0. The Kier molecular flexibility index (Phi) is 3.20. The molecule has 0 spiro atoms. The monoisotopic (exact) mass is 250 g/mol. The highest BCUT2D eigenvalue weighted by Crippen LogP contribution is 2.29. The van der Waals surface area contributed by atoms with E-state index in [1.807, 2.05) is 6.92 Å². The van der Waals surface area contributed by atoms with Crippen molar-refractivity contribution in [2.24, 2.45) is 0 Å². The largest absolute Gasteiger partial charge is 0.398 e. The molecule has 0 saturated heterocycles. The van der Waals surface area contributed by atoms with E-state index in [0.29, 0.717) is 16.4 Å². The molecular weight excluding hydrogens is 239 g/mol. The smallest absolute Gasteiger partial charge is 0.125 e. The maximum atomic E-state index is 13.0. The average Bonchev–Trinajstić information content (AvgIpc) is 2.25. The summed E-state index contributed by atoms with van der Waals surface area (Å²) in [5.74, 6) is -0.289. The van der Waals surface area contributed by atoms with Gasteiger partial charge in [-0.05, 0) is 42.8 Å². The summed E-state index contributed by atoms with van der Waals surface area (Å²) in [6.07, 6.45) is 0. The molecule has 3 N–H and O–H groups in total. The van der Waals surface area contributed by atoms with Crippen molar-refractivity contribution in [1.82, 2.24) is 0 Å². The van der Waals surface area contributed by atoms with E-state index in [1.165, 1.54) is 12.1 Å². The fraction of sp³-hybridized carbons (Fsp3) is 0.0769. The number of nitrogen functional groups attached to an aromatic ring is 1. The van der Waals surface area contributed by atoms with Gasteiger partial charge < -0.3 is 11.1 Å². The van der Waals surface area contributed by atoms with Crippen molar-refractivity contribution in [3.05, 3.63) is 52.8 Å². The number of benzene rings is 2. The van der Waals surface area contributed by atoms with Gasteiger partial charge in [-0.25, -0.2) is 4.39 Å². The molecule has 0 fully saturated rings. The molecule has 0 aliphatic carbocycles. The van der Waals surface area contributed by atoms with Gasteiger partial charge in [0.05, 0.1) is 0 Å². The second kappa shape index (κ2) is 4.63. The van der Waals surface area contributed by atoms with Gasteiger partial charge in [-0.15, -0.1) is 0 Å². The van der Waals surface area contributed by atoms with Gasteiger partial charge in [-0.1, -0.05) is 17.7 Å². The van der Waals surface area contributed by atoms with Gasteiger partial charge >= 0.3 is 0 Å². The van der Waals surface area contributed by atoms with Crippen LogP contribution < -0.4 is 11.1 Å². The van der Waals surface area contributed by atoms with Gasteiger partial charge in [0, 0.05) is 22.1 Å². The van der Waals surface area contributed by atoms with Gasteiger partial charge in [0.1, 0.15) is 5.82 Å². The van der Waals surface area contributed by atoms with Crippen molar-refractivity contribution < 1.29 is 4.39 Å². The van der Waals surface area contributed by atoms with Crippen LogP contribution in [0.4, 0.5) is 21.5 Å². The lowest BCUT2D eigenvalue weighted by molar-refractivity contribution is 0.628. The van der Waals surface area contributed by atoms with E-state index in [9.17, 15) is 4.39 Å². The van der Waals surface area contributed by atoms with E-state index in [2.05, 4.69) is 5.32 Å². The van der Waals surface area contributed by atoms with Gasteiger partial charge in [-0.2, -0.15) is 0 Å². The first-order chi connectivity index (χ1) is 8.06. The van der Waals surface area contributed by atoms with Crippen LogP contribution in [0.25, 0.3) is 0 Å². The van der Waals surface area contributed by atoms with Crippen LogP contribution >= 0.6 is 11.6 Å². The van der Waals surface area contributed by atoms with Crippen LogP contribution in [-0.4, -0.2) is 0 Å². The zero-order chi connectivity index (χ0) is 12.4. The first kappa shape index (κ1) is 11.7. The Hall–Kier alpha value is -1.74. The molecule has 88 valence electrons. The van der Waals surface area contributed by atoms with E-state index >= 15 is 0 Å². The van der Waals surface area contributed by atoms with E-state index in [0.717, 1.165) is 11.3 Å². The van der Waals surface area contributed by atoms with Gasteiger partial charge in [0.25, 0.3) is 0 Å². The summed E-state index contributed by atoms with van der Waals surface area (Å²) >= 11 is 5.93. The van der Waals surface area contributed by atoms with Crippen molar-refractivity contribution >= 4 is 28.7 Å². The molecule has 4 heteroatoms. The third-order valence-corrected chi connectivity index (χ3v) is 2.73. The minimum absolute atomic E-state index is 0.289. The SMILES string of the molecule is Cc1c(N)cc(Cl)cc1Nc1cccc(F)c1. The van der Waals surface area contributed by atoms with Crippen LogP contribution in [0.3, 0.4) is 0 Å². The Bertz CT molecular complexity index is 555. The van der Waals surface area contributed by atoms with Gasteiger partial charge in [0.2, 0.25) is 0 Å². The molecule has 0 bridgehead atoms. The fourth-order valence-corrected chi connectivity index (χ4v) is 1.78. The normalized spacial score (nSPS) is 10.3. The van der Waals surface area contributed by atoms with E-state index in [-0.39, 0.29) is 5.82 Å². The maximum absolute atomic E-state index is 13.0. The first-order valence-corrected chi connectivity index (χ1v) is 5.52. The lowest BCUT2D eigenvalue weighted by atomic mass is 10.1. The molecule has 0 aromatic heterocycles. The van der Waals surface area contributed by atoms with E-state index in [1.54, 1.807) is 24.3 Å². The Morgan fingerprint density at radius 2 is 2.00 bits per heavy atom. The molecule has 0 radical (unpaired) electrons. The maximum Gasteiger partial charge on any atom is 0.125 e. The molecule has 0 heterocycles. The van der Waals surface area contributed by atoms with E-state index in [4.69, 9.17) is 17.3 Å². The van der Waals surface area contributed by atoms with Crippen LogP contribution in [0.15, 0.2) is 36.4 Å². The predicted octanol–water partition coefficient (Wildman–Crippen LogP) is 4.11. The minimum atomic E-state index is -0.289. The zero-order valence-corrected chi connectivity index (χ0v) is 10.1. The summed E-state index contributed by atoms with van der Waals surface area (Å²) in [6.45, 7) is 1.88. The Balaban J connectivity index is 2.36.